The Morgan fingerprint density at radius 3 is 2.06 bits per heavy atom. The van der Waals surface area contributed by atoms with E-state index in [-0.39, 0.29) is 0 Å². The van der Waals surface area contributed by atoms with Crippen molar-refractivity contribution in [3.63, 3.8) is 0 Å². The van der Waals surface area contributed by atoms with Crippen molar-refractivity contribution in [3.8, 4) is 0 Å². The predicted molar refractivity (Wildman–Crippen MR) is 70.9 cm³/mol. The van der Waals surface area contributed by atoms with E-state index in [1.807, 2.05) is 0 Å². The second kappa shape index (κ2) is 8.26. The van der Waals surface area contributed by atoms with E-state index in [1.54, 1.807) is 0 Å². The molecule has 0 aliphatic heterocycles. The molecule has 0 aromatic rings. The van der Waals surface area contributed by atoms with Crippen molar-refractivity contribution < 1.29 is 8.85 Å². The zero-order chi connectivity index (χ0) is 11.8. The summed E-state index contributed by atoms with van der Waals surface area (Å²) in [5.41, 5.74) is 0. The van der Waals surface area contributed by atoms with Crippen LogP contribution in [0.15, 0.2) is 0 Å². The Labute approximate surface area is 103 Å². The van der Waals surface area contributed by atoms with Gasteiger partial charge in [-0.1, -0.05) is 32.6 Å². The van der Waals surface area contributed by atoms with Gasteiger partial charge < -0.3 is 8.85 Å². The Balaban J connectivity index is 2.15. The molecule has 0 N–H and O–H groups in total. The molecule has 0 atom stereocenters. The first kappa shape index (κ1) is 14.2. The van der Waals surface area contributed by atoms with Gasteiger partial charge in [0, 0.05) is 13.2 Å². The van der Waals surface area contributed by atoms with Crippen LogP contribution in [0.5, 0.6) is 0 Å². The molecule has 0 bridgehead atoms. The summed E-state index contributed by atoms with van der Waals surface area (Å²) in [6.45, 7) is 8.16. The lowest BCUT2D eigenvalue weighted by Crippen LogP contribution is -2.24. The van der Waals surface area contributed by atoms with Gasteiger partial charge in [-0.3, -0.25) is 0 Å². The third kappa shape index (κ3) is 5.46. The first-order chi connectivity index (χ1) is 7.76. The topological polar surface area (TPSA) is 18.5 Å². The summed E-state index contributed by atoms with van der Waals surface area (Å²) < 4.78 is 11.4. The van der Waals surface area contributed by atoms with Crippen LogP contribution in [0.1, 0.15) is 52.9 Å². The minimum Gasteiger partial charge on any atom is -0.397 e. The van der Waals surface area contributed by atoms with Gasteiger partial charge in [0.2, 0.25) is 0 Å². The van der Waals surface area contributed by atoms with Crippen LogP contribution in [0.2, 0.25) is 6.04 Å². The Morgan fingerprint density at radius 2 is 1.56 bits per heavy atom. The molecule has 0 radical (unpaired) electrons. The van der Waals surface area contributed by atoms with E-state index < -0.39 is 9.28 Å². The molecule has 0 saturated heterocycles. The number of rotatable bonds is 7. The second-order valence-electron chi connectivity index (χ2n) is 5.04. The Hall–Kier alpha value is 0.137. The van der Waals surface area contributed by atoms with Crippen molar-refractivity contribution in [3.05, 3.63) is 0 Å². The van der Waals surface area contributed by atoms with Crippen molar-refractivity contribution >= 4 is 9.28 Å². The fraction of sp³-hybridized carbons (Fsp3) is 1.00. The standard InChI is InChI=1S/C13H28O2Si/c1-4-14-16(15-5-2)11-10-13-8-6-12(3)7-9-13/h12-13,16H,4-11H2,1-3H3. The molecule has 1 aliphatic rings. The maximum Gasteiger partial charge on any atom is 0.321 e. The van der Waals surface area contributed by atoms with Gasteiger partial charge in [0.15, 0.2) is 0 Å². The molecule has 0 amide bonds. The van der Waals surface area contributed by atoms with Crippen LogP contribution in [0.25, 0.3) is 0 Å². The van der Waals surface area contributed by atoms with E-state index in [4.69, 9.17) is 8.85 Å². The van der Waals surface area contributed by atoms with Crippen molar-refractivity contribution in [2.24, 2.45) is 11.8 Å². The summed E-state index contributed by atoms with van der Waals surface area (Å²) in [5, 5.41) is 0. The van der Waals surface area contributed by atoms with E-state index in [9.17, 15) is 0 Å². The smallest absolute Gasteiger partial charge is 0.321 e. The monoisotopic (exact) mass is 244 g/mol. The maximum absolute atomic E-state index is 5.71. The van der Waals surface area contributed by atoms with E-state index in [1.165, 1.54) is 38.1 Å². The highest BCUT2D eigenvalue weighted by molar-refractivity contribution is 6.44. The molecular formula is C13H28O2Si. The molecule has 16 heavy (non-hydrogen) atoms. The van der Waals surface area contributed by atoms with E-state index in [0.29, 0.717) is 0 Å². The van der Waals surface area contributed by atoms with Gasteiger partial charge in [-0.25, -0.2) is 0 Å². The summed E-state index contributed by atoms with van der Waals surface area (Å²) in [5.74, 6) is 1.91. The van der Waals surface area contributed by atoms with Crippen LogP contribution >= 0.6 is 0 Å². The van der Waals surface area contributed by atoms with E-state index in [2.05, 4.69) is 20.8 Å². The molecule has 3 heteroatoms. The molecule has 0 spiro atoms. The Bertz CT molecular complexity index is 161. The molecule has 96 valence electrons. The minimum atomic E-state index is -1.32. The second-order valence-corrected chi connectivity index (χ2v) is 7.15. The minimum absolute atomic E-state index is 0.818. The summed E-state index contributed by atoms with van der Waals surface area (Å²) in [4.78, 5) is 0. The summed E-state index contributed by atoms with van der Waals surface area (Å²) >= 11 is 0. The van der Waals surface area contributed by atoms with Crippen LogP contribution in [0.3, 0.4) is 0 Å². The third-order valence-corrected chi connectivity index (χ3v) is 5.87. The summed E-state index contributed by atoms with van der Waals surface area (Å²) in [7, 11) is -1.32. The largest absolute Gasteiger partial charge is 0.397 e. The van der Waals surface area contributed by atoms with Gasteiger partial charge in [-0.15, -0.1) is 0 Å². The average molecular weight is 244 g/mol. The SMILES string of the molecule is CCO[SiH](CCC1CCC(C)CC1)OCC. The van der Waals surface area contributed by atoms with E-state index >= 15 is 0 Å². The fourth-order valence-electron chi connectivity index (χ4n) is 2.58. The molecule has 0 aromatic carbocycles. The average Bonchev–Trinajstić information content (AvgIpc) is 2.29. The predicted octanol–water partition coefficient (Wildman–Crippen LogP) is 3.50. The molecule has 0 aromatic heterocycles. The molecule has 1 rings (SSSR count). The number of hydrogen-bond acceptors (Lipinski definition) is 2. The highest BCUT2D eigenvalue weighted by Gasteiger charge is 2.20. The summed E-state index contributed by atoms with van der Waals surface area (Å²) in [6.07, 6.45) is 7.06. The van der Waals surface area contributed by atoms with Crippen molar-refractivity contribution in [2.45, 2.75) is 58.9 Å². The number of hydrogen-bond donors (Lipinski definition) is 0. The van der Waals surface area contributed by atoms with Crippen LogP contribution in [-0.2, 0) is 8.85 Å². The molecule has 0 heterocycles. The fourth-order valence-corrected chi connectivity index (χ4v) is 4.49. The highest BCUT2D eigenvalue weighted by Crippen LogP contribution is 2.31. The Morgan fingerprint density at radius 1 is 1.00 bits per heavy atom. The third-order valence-electron chi connectivity index (χ3n) is 3.65. The molecule has 2 nitrogen and oxygen atoms in total. The van der Waals surface area contributed by atoms with Crippen LogP contribution in [-0.4, -0.2) is 22.5 Å². The molecule has 0 unspecified atom stereocenters. The molecule has 1 saturated carbocycles. The summed E-state index contributed by atoms with van der Waals surface area (Å²) in [6, 6.07) is 1.21. The lowest BCUT2D eigenvalue weighted by atomic mass is 9.82. The van der Waals surface area contributed by atoms with Crippen LogP contribution < -0.4 is 0 Å². The molecular weight excluding hydrogens is 216 g/mol. The van der Waals surface area contributed by atoms with Crippen molar-refractivity contribution in [2.75, 3.05) is 13.2 Å². The maximum atomic E-state index is 5.71. The first-order valence-corrected chi connectivity index (χ1v) is 8.75. The molecule has 1 aliphatic carbocycles. The zero-order valence-corrected chi connectivity index (χ0v) is 12.4. The highest BCUT2D eigenvalue weighted by atomic mass is 28.3. The van der Waals surface area contributed by atoms with E-state index in [0.717, 1.165) is 25.0 Å². The zero-order valence-electron chi connectivity index (χ0n) is 11.2. The van der Waals surface area contributed by atoms with Crippen LogP contribution in [0, 0.1) is 11.8 Å². The van der Waals surface area contributed by atoms with Gasteiger partial charge in [-0.2, -0.15) is 0 Å². The van der Waals surface area contributed by atoms with Crippen molar-refractivity contribution in [1.29, 1.82) is 0 Å². The molecule has 1 fully saturated rings. The van der Waals surface area contributed by atoms with Crippen molar-refractivity contribution in [1.82, 2.24) is 0 Å². The van der Waals surface area contributed by atoms with Gasteiger partial charge in [0.1, 0.15) is 0 Å². The normalized spacial score (nSPS) is 26.2. The first-order valence-electron chi connectivity index (χ1n) is 6.99. The van der Waals surface area contributed by atoms with Gasteiger partial charge in [0.05, 0.1) is 0 Å². The van der Waals surface area contributed by atoms with Gasteiger partial charge in [-0.05, 0) is 38.1 Å². The lowest BCUT2D eigenvalue weighted by molar-refractivity contribution is 0.206. The van der Waals surface area contributed by atoms with Gasteiger partial charge >= 0.3 is 9.28 Å². The van der Waals surface area contributed by atoms with Gasteiger partial charge in [0.25, 0.3) is 0 Å². The Kier molecular flexibility index (Phi) is 7.33. The quantitative estimate of drug-likeness (QED) is 0.638. The van der Waals surface area contributed by atoms with Crippen LogP contribution in [0.4, 0.5) is 0 Å². The lowest BCUT2D eigenvalue weighted by Gasteiger charge is -2.27.